The number of benzene rings is 2. The molecule has 0 aliphatic rings. The highest BCUT2D eigenvalue weighted by Gasteiger charge is 2.18. The molecule has 2 unspecified atom stereocenters. The Kier molecular flexibility index (Phi) is 5.06. The number of halogens is 2. The van der Waals surface area contributed by atoms with Crippen molar-refractivity contribution in [3.05, 3.63) is 64.1 Å². The molecule has 0 spiro atoms. The Bertz CT molecular complexity index is 540. The quantitative estimate of drug-likeness (QED) is 0.615. The number of methoxy groups -OCH3 is 1. The van der Waals surface area contributed by atoms with Gasteiger partial charge in [0.15, 0.2) is 0 Å². The van der Waals surface area contributed by atoms with E-state index in [0.29, 0.717) is 5.92 Å². The highest BCUT2D eigenvalue weighted by molar-refractivity contribution is 9.10. The molecule has 0 aliphatic carbocycles. The zero-order valence-electron chi connectivity index (χ0n) is 10.9. The molecule has 0 radical (unpaired) electrons. The zero-order valence-corrected chi connectivity index (χ0v) is 14.1. The van der Waals surface area contributed by atoms with Crippen LogP contribution in [0.4, 0.5) is 0 Å². The van der Waals surface area contributed by atoms with E-state index in [1.54, 1.807) is 7.11 Å². The Morgan fingerprint density at radius 3 is 2.26 bits per heavy atom. The number of rotatable bonds is 4. The predicted molar refractivity (Wildman–Crippen MR) is 87.2 cm³/mol. The van der Waals surface area contributed by atoms with Gasteiger partial charge in [0.05, 0.1) is 11.6 Å². The summed E-state index contributed by atoms with van der Waals surface area (Å²) in [6.07, 6.45) is 0. The maximum Gasteiger partial charge on any atom is 0.133 e. The lowest BCUT2D eigenvalue weighted by Crippen LogP contribution is -2.02. The van der Waals surface area contributed by atoms with Crippen LogP contribution in [0.25, 0.3) is 0 Å². The Morgan fingerprint density at radius 1 is 1.00 bits per heavy atom. The molecule has 0 bridgehead atoms. The molecule has 0 aliphatic heterocycles. The summed E-state index contributed by atoms with van der Waals surface area (Å²) >= 11 is 7.34. The van der Waals surface area contributed by atoms with Gasteiger partial charge < -0.3 is 4.74 Å². The highest BCUT2D eigenvalue weighted by Crippen LogP contribution is 2.39. The van der Waals surface area contributed by atoms with Crippen LogP contribution >= 0.6 is 31.9 Å². The summed E-state index contributed by atoms with van der Waals surface area (Å²) < 4.78 is 6.25. The summed E-state index contributed by atoms with van der Waals surface area (Å²) in [7, 11) is 1.68. The van der Waals surface area contributed by atoms with Crippen molar-refractivity contribution < 1.29 is 4.74 Å². The molecule has 0 amide bonds. The molecule has 0 fully saturated rings. The van der Waals surface area contributed by atoms with Crippen LogP contribution in [0.3, 0.4) is 0 Å². The monoisotopic (exact) mass is 382 g/mol. The van der Waals surface area contributed by atoms with E-state index in [1.165, 1.54) is 11.1 Å². The van der Waals surface area contributed by atoms with E-state index in [2.05, 4.69) is 75.2 Å². The van der Waals surface area contributed by atoms with E-state index >= 15 is 0 Å². The zero-order chi connectivity index (χ0) is 13.8. The molecular formula is C16H16Br2O. The number of hydrogen-bond acceptors (Lipinski definition) is 1. The van der Waals surface area contributed by atoms with Gasteiger partial charge in [-0.05, 0) is 45.1 Å². The van der Waals surface area contributed by atoms with Crippen LogP contribution in [0.2, 0.25) is 0 Å². The summed E-state index contributed by atoms with van der Waals surface area (Å²) in [6.45, 7) is 2.23. The largest absolute Gasteiger partial charge is 0.496 e. The molecular weight excluding hydrogens is 368 g/mol. The van der Waals surface area contributed by atoms with Crippen molar-refractivity contribution in [3.8, 4) is 5.75 Å². The topological polar surface area (TPSA) is 9.23 Å². The average molecular weight is 384 g/mol. The lowest BCUT2D eigenvalue weighted by atomic mass is 9.93. The van der Waals surface area contributed by atoms with Crippen LogP contribution in [-0.2, 0) is 0 Å². The minimum atomic E-state index is 0.275. The standard InChI is InChI=1S/C16H16Br2O/c1-11(12-6-4-3-5-7-12)16(18)13-8-9-15(19-2)14(17)10-13/h3-11,16H,1-2H3. The van der Waals surface area contributed by atoms with Gasteiger partial charge in [-0.3, -0.25) is 0 Å². The predicted octanol–water partition coefficient (Wildman–Crippen LogP) is 5.70. The Morgan fingerprint density at radius 2 is 1.68 bits per heavy atom. The molecule has 3 heteroatoms. The Balaban J connectivity index is 2.24. The number of alkyl halides is 1. The highest BCUT2D eigenvalue weighted by atomic mass is 79.9. The van der Waals surface area contributed by atoms with E-state index in [1.807, 2.05) is 12.1 Å². The van der Waals surface area contributed by atoms with Crippen LogP contribution in [0.1, 0.15) is 28.8 Å². The third-order valence-electron chi connectivity index (χ3n) is 3.26. The number of hydrogen-bond donors (Lipinski definition) is 0. The van der Waals surface area contributed by atoms with Gasteiger partial charge >= 0.3 is 0 Å². The smallest absolute Gasteiger partial charge is 0.133 e. The summed E-state index contributed by atoms with van der Waals surface area (Å²) in [6, 6.07) is 16.7. The number of ether oxygens (including phenoxy) is 1. The van der Waals surface area contributed by atoms with E-state index in [4.69, 9.17) is 4.74 Å². The first-order chi connectivity index (χ1) is 9.13. The van der Waals surface area contributed by atoms with Crippen LogP contribution in [0.5, 0.6) is 5.75 Å². The first kappa shape index (κ1) is 14.6. The fraction of sp³-hybridized carbons (Fsp3) is 0.250. The molecule has 2 atom stereocenters. The second-order valence-electron chi connectivity index (χ2n) is 4.50. The maximum atomic E-state index is 5.26. The molecule has 1 nitrogen and oxygen atoms in total. The van der Waals surface area contributed by atoms with E-state index in [9.17, 15) is 0 Å². The van der Waals surface area contributed by atoms with Gasteiger partial charge in [0.25, 0.3) is 0 Å². The van der Waals surface area contributed by atoms with Crippen LogP contribution in [0.15, 0.2) is 53.0 Å². The van der Waals surface area contributed by atoms with Crippen molar-refractivity contribution in [2.45, 2.75) is 17.7 Å². The summed E-state index contributed by atoms with van der Waals surface area (Å²) in [5.41, 5.74) is 2.57. The molecule has 100 valence electrons. The normalized spacial score (nSPS) is 13.9. The second kappa shape index (κ2) is 6.58. The van der Waals surface area contributed by atoms with Gasteiger partial charge in [-0.15, -0.1) is 0 Å². The van der Waals surface area contributed by atoms with Gasteiger partial charge in [0.1, 0.15) is 5.75 Å². The van der Waals surface area contributed by atoms with Crippen molar-refractivity contribution in [1.29, 1.82) is 0 Å². The first-order valence-electron chi connectivity index (χ1n) is 6.16. The molecule has 0 saturated carbocycles. The maximum absolute atomic E-state index is 5.26. The lowest BCUT2D eigenvalue weighted by molar-refractivity contribution is 0.412. The fourth-order valence-electron chi connectivity index (χ4n) is 2.07. The Labute approximate surface area is 131 Å². The molecule has 0 N–H and O–H groups in total. The molecule has 19 heavy (non-hydrogen) atoms. The first-order valence-corrected chi connectivity index (χ1v) is 7.86. The van der Waals surface area contributed by atoms with Gasteiger partial charge in [0, 0.05) is 4.83 Å². The van der Waals surface area contributed by atoms with E-state index < -0.39 is 0 Å². The van der Waals surface area contributed by atoms with Gasteiger partial charge in [-0.25, -0.2) is 0 Å². The van der Waals surface area contributed by atoms with E-state index in [-0.39, 0.29) is 4.83 Å². The molecule has 0 heterocycles. The average Bonchev–Trinajstić information content (AvgIpc) is 2.46. The Hall–Kier alpha value is -0.800. The van der Waals surface area contributed by atoms with E-state index in [0.717, 1.165) is 10.2 Å². The molecule has 2 aromatic carbocycles. The second-order valence-corrected chi connectivity index (χ2v) is 6.34. The van der Waals surface area contributed by atoms with Crippen LogP contribution in [0, 0.1) is 0 Å². The molecule has 2 rings (SSSR count). The minimum Gasteiger partial charge on any atom is -0.496 e. The third-order valence-corrected chi connectivity index (χ3v) is 5.20. The molecule has 0 aromatic heterocycles. The van der Waals surface area contributed by atoms with Crippen LogP contribution in [-0.4, -0.2) is 7.11 Å². The SMILES string of the molecule is COc1ccc(C(Br)C(C)c2ccccc2)cc1Br. The summed E-state index contributed by atoms with van der Waals surface area (Å²) in [5, 5.41) is 0. The minimum absolute atomic E-state index is 0.275. The molecule has 0 saturated heterocycles. The summed E-state index contributed by atoms with van der Waals surface area (Å²) in [5.74, 6) is 1.26. The van der Waals surface area contributed by atoms with Gasteiger partial charge in [-0.1, -0.05) is 59.3 Å². The summed E-state index contributed by atoms with van der Waals surface area (Å²) in [4.78, 5) is 0.275. The van der Waals surface area contributed by atoms with Crippen molar-refractivity contribution in [2.24, 2.45) is 0 Å². The van der Waals surface area contributed by atoms with Crippen molar-refractivity contribution >= 4 is 31.9 Å². The van der Waals surface area contributed by atoms with Crippen molar-refractivity contribution in [2.75, 3.05) is 7.11 Å². The fourth-order valence-corrected chi connectivity index (χ4v) is 3.22. The van der Waals surface area contributed by atoms with Gasteiger partial charge in [-0.2, -0.15) is 0 Å². The molecule has 2 aromatic rings. The van der Waals surface area contributed by atoms with Crippen molar-refractivity contribution in [3.63, 3.8) is 0 Å². The van der Waals surface area contributed by atoms with Crippen LogP contribution < -0.4 is 4.74 Å². The van der Waals surface area contributed by atoms with Crippen molar-refractivity contribution in [1.82, 2.24) is 0 Å². The van der Waals surface area contributed by atoms with Gasteiger partial charge in [0.2, 0.25) is 0 Å². The third kappa shape index (κ3) is 3.40. The lowest BCUT2D eigenvalue weighted by Gasteiger charge is -2.20.